The van der Waals surface area contributed by atoms with Crippen molar-refractivity contribution in [3.8, 4) is 0 Å². The van der Waals surface area contributed by atoms with E-state index in [1.807, 2.05) is 38.1 Å². The number of hydrogen-bond acceptors (Lipinski definition) is 3. The Morgan fingerprint density at radius 3 is 2.48 bits per heavy atom. The van der Waals surface area contributed by atoms with Crippen LogP contribution in [0.15, 0.2) is 48.5 Å². The maximum Gasteiger partial charge on any atom is 0.261 e. The quantitative estimate of drug-likeness (QED) is 0.750. The molecule has 0 aromatic heterocycles. The molecule has 1 heterocycles. The van der Waals surface area contributed by atoms with Gasteiger partial charge in [0.05, 0.1) is 17.8 Å². The standard InChI is InChI=1S/C20H22ClN3O2.ClH/c1-3-22(4-2)13-19(25)24-14-23(16-9-7-8-15(21)12-16)20(26)17-10-5-6-11-18(17)24;/h5-12H,3-4,13-14H2,1-2H3;1H. The van der Waals surface area contributed by atoms with Gasteiger partial charge in [0, 0.05) is 10.7 Å². The lowest BCUT2D eigenvalue weighted by Crippen LogP contribution is -2.52. The van der Waals surface area contributed by atoms with E-state index in [9.17, 15) is 9.59 Å². The highest BCUT2D eigenvalue weighted by atomic mass is 35.5. The number of fused-ring (bicyclic) bond motifs is 1. The predicted molar refractivity (Wildman–Crippen MR) is 112 cm³/mol. The van der Waals surface area contributed by atoms with Crippen molar-refractivity contribution in [2.75, 3.05) is 36.1 Å². The summed E-state index contributed by atoms with van der Waals surface area (Å²) >= 11 is 6.09. The van der Waals surface area contributed by atoms with Crippen molar-refractivity contribution in [3.05, 3.63) is 59.1 Å². The van der Waals surface area contributed by atoms with Crippen LogP contribution in [-0.2, 0) is 4.79 Å². The smallest absolute Gasteiger partial charge is 0.261 e. The fourth-order valence-electron chi connectivity index (χ4n) is 3.10. The number of halogens is 2. The van der Waals surface area contributed by atoms with Crippen LogP contribution in [0.5, 0.6) is 0 Å². The molecule has 2 aromatic rings. The minimum atomic E-state index is -0.130. The normalized spacial score (nSPS) is 13.4. The summed E-state index contributed by atoms with van der Waals surface area (Å²) in [5.41, 5.74) is 1.86. The van der Waals surface area contributed by atoms with Crippen LogP contribution < -0.4 is 9.80 Å². The van der Waals surface area contributed by atoms with Crippen molar-refractivity contribution in [2.45, 2.75) is 13.8 Å². The largest absolute Gasteiger partial charge is 0.295 e. The van der Waals surface area contributed by atoms with Gasteiger partial charge in [-0.3, -0.25) is 24.3 Å². The van der Waals surface area contributed by atoms with Gasteiger partial charge >= 0.3 is 0 Å². The topological polar surface area (TPSA) is 43.9 Å². The van der Waals surface area contributed by atoms with Crippen LogP contribution in [0.25, 0.3) is 0 Å². The van der Waals surface area contributed by atoms with Gasteiger partial charge in [0.15, 0.2) is 0 Å². The summed E-state index contributed by atoms with van der Waals surface area (Å²) in [6.45, 7) is 6.16. The average Bonchev–Trinajstić information content (AvgIpc) is 2.66. The van der Waals surface area contributed by atoms with Crippen molar-refractivity contribution in [2.24, 2.45) is 0 Å². The van der Waals surface area contributed by atoms with Crippen LogP contribution in [0.3, 0.4) is 0 Å². The van der Waals surface area contributed by atoms with Crippen LogP contribution >= 0.6 is 24.0 Å². The van der Waals surface area contributed by atoms with E-state index in [1.165, 1.54) is 0 Å². The van der Waals surface area contributed by atoms with E-state index in [-0.39, 0.29) is 30.9 Å². The lowest BCUT2D eigenvalue weighted by Gasteiger charge is -2.37. The second kappa shape index (κ2) is 9.22. The molecule has 0 saturated heterocycles. The number of nitrogens with zero attached hydrogens (tertiary/aromatic N) is 3. The minimum Gasteiger partial charge on any atom is -0.295 e. The van der Waals surface area contributed by atoms with E-state index >= 15 is 0 Å². The number of para-hydroxylation sites is 1. The van der Waals surface area contributed by atoms with E-state index in [0.717, 1.165) is 13.1 Å². The molecule has 2 aromatic carbocycles. The third kappa shape index (κ3) is 4.43. The van der Waals surface area contributed by atoms with E-state index in [2.05, 4.69) is 4.90 Å². The molecule has 5 nitrogen and oxygen atoms in total. The number of benzene rings is 2. The molecule has 27 heavy (non-hydrogen) atoms. The fraction of sp³-hybridized carbons (Fsp3) is 0.300. The Bertz CT molecular complexity index is 824. The number of hydrogen-bond donors (Lipinski definition) is 0. The Balaban J connectivity index is 0.00000261. The Labute approximate surface area is 170 Å². The van der Waals surface area contributed by atoms with Crippen LogP contribution in [-0.4, -0.2) is 43.0 Å². The molecule has 3 rings (SSSR count). The van der Waals surface area contributed by atoms with Crippen molar-refractivity contribution < 1.29 is 9.59 Å². The van der Waals surface area contributed by atoms with Gasteiger partial charge in [-0.2, -0.15) is 0 Å². The summed E-state index contributed by atoms with van der Waals surface area (Å²) in [5, 5.41) is 0.551. The fourth-order valence-corrected chi connectivity index (χ4v) is 3.28. The molecule has 0 radical (unpaired) electrons. The third-order valence-corrected chi connectivity index (χ3v) is 4.86. The van der Waals surface area contributed by atoms with Crippen molar-refractivity contribution in [1.82, 2.24) is 4.90 Å². The zero-order chi connectivity index (χ0) is 18.7. The number of carbonyl (C=O) groups excluding carboxylic acids is 2. The molecule has 1 aliphatic rings. The summed E-state index contributed by atoms with van der Waals surface area (Å²) in [4.78, 5) is 31.3. The average molecular weight is 408 g/mol. The second-order valence-corrected chi connectivity index (χ2v) is 6.59. The van der Waals surface area contributed by atoms with Gasteiger partial charge in [-0.1, -0.05) is 43.6 Å². The summed E-state index contributed by atoms with van der Waals surface area (Å²) in [6.07, 6.45) is 0. The molecule has 0 aliphatic carbocycles. The highest BCUT2D eigenvalue weighted by Crippen LogP contribution is 2.31. The van der Waals surface area contributed by atoms with Gasteiger partial charge in [-0.15, -0.1) is 12.4 Å². The number of likely N-dealkylation sites (N-methyl/N-ethyl adjacent to an activating group) is 1. The molecule has 0 unspecified atom stereocenters. The monoisotopic (exact) mass is 407 g/mol. The molecule has 0 spiro atoms. The SMILES string of the molecule is CCN(CC)CC(=O)N1CN(c2cccc(Cl)c2)C(=O)c2ccccc21.Cl. The molecule has 0 bridgehead atoms. The molecule has 2 amide bonds. The number of anilines is 2. The third-order valence-electron chi connectivity index (χ3n) is 4.63. The zero-order valence-electron chi connectivity index (χ0n) is 15.4. The van der Waals surface area contributed by atoms with Crippen LogP contribution in [0, 0.1) is 0 Å². The molecular formula is C20H23Cl2N3O2. The molecule has 0 fully saturated rings. The highest BCUT2D eigenvalue weighted by Gasteiger charge is 2.33. The van der Waals surface area contributed by atoms with Crippen LogP contribution in [0.1, 0.15) is 24.2 Å². The first-order valence-electron chi connectivity index (χ1n) is 8.74. The van der Waals surface area contributed by atoms with Crippen LogP contribution in [0.4, 0.5) is 11.4 Å². The molecule has 7 heteroatoms. The minimum absolute atomic E-state index is 0. The summed E-state index contributed by atoms with van der Waals surface area (Å²) < 4.78 is 0. The van der Waals surface area contributed by atoms with Gasteiger partial charge < -0.3 is 0 Å². The van der Waals surface area contributed by atoms with E-state index in [1.54, 1.807) is 34.1 Å². The first kappa shape index (κ1) is 21.2. The first-order chi connectivity index (χ1) is 12.5. The lowest BCUT2D eigenvalue weighted by molar-refractivity contribution is -0.119. The summed E-state index contributed by atoms with van der Waals surface area (Å²) in [6, 6.07) is 14.4. The Hall–Kier alpha value is -2.08. The zero-order valence-corrected chi connectivity index (χ0v) is 17.0. The number of amides is 2. The van der Waals surface area contributed by atoms with Crippen molar-refractivity contribution in [3.63, 3.8) is 0 Å². The molecular weight excluding hydrogens is 385 g/mol. The number of rotatable bonds is 5. The molecule has 144 valence electrons. The maximum atomic E-state index is 13.0. The summed E-state index contributed by atoms with van der Waals surface area (Å²) in [5.74, 6) is -0.157. The van der Waals surface area contributed by atoms with Gasteiger partial charge in [0.25, 0.3) is 5.91 Å². The maximum absolute atomic E-state index is 13.0. The Kier molecular flexibility index (Phi) is 7.25. The molecule has 0 N–H and O–H groups in total. The van der Waals surface area contributed by atoms with Crippen molar-refractivity contribution >= 4 is 47.2 Å². The lowest BCUT2D eigenvalue weighted by atomic mass is 10.1. The Morgan fingerprint density at radius 1 is 1.11 bits per heavy atom. The number of carbonyl (C=O) groups is 2. The highest BCUT2D eigenvalue weighted by molar-refractivity contribution is 6.31. The summed E-state index contributed by atoms with van der Waals surface area (Å²) in [7, 11) is 0. The molecule has 0 saturated carbocycles. The van der Waals surface area contributed by atoms with Gasteiger partial charge in [0.1, 0.15) is 6.67 Å². The van der Waals surface area contributed by atoms with E-state index < -0.39 is 0 Å². The molecule has 0 atom stereocenters. The predicted octanol–water partition coefficient (Wildman–Crippen LogP) is 4.05. The van der Waals surface area contributed by atoms with Crippen LogP contribution in [0.2, 0.25) is 5.02 Å². The van der Waals surface area contributed by atoms with Crippen molar-refractivity contribution in [1.29, 1.82) is 0 Å². The van der Waals surface area contributed by atoms with E-state index in [4.69, 9.17) is 11.6 Å². The first-order valence-corrected chi connectivity index (χ1v) is 9.12. The Morgan fingerprint density at radius 2 is 1.81 bits per heavy atom. The second-order valence-electron chi connectivity index (χ2n) is 6.15. The molecule has 1 aliphatic heterocycles. The van der Waals surface area contributed by atoms with Gasteiger partial charge in [0.2, 0.25) is 5.91 Å². The van der Waals surface area contributed by atoms with Gasteiger partial charge in [-0.05, 0) is 43.4 Å². The van der Waals surface area contributed by atoms with E-state index in [0.29, 0.717) is 28.5 Å². The van der Waals surface area contributed by atoms with Gasteiger partial charge in [-0.25, -0.2) is 0 Å².